The number of nitrogens with zero attached hydrogens (tertiary/aromatic N) is 1. The van der Waals surface area contributed by atoms with Crippen LogP contribution in [0.3, 0.4) is 0 Å². The van der Waals surface area contributed by atoms with Crippen molar-refractivity contribution in [3.05, 3.63) is 29.8 Å². The van der Waals surface area contributed by atoms with Gasteiger partial charge in [-0.15, -0.1) is 0 Å². The first-order valence-electron chi connectivity index (χ1n) is 6.05. The van der Waals surface area contributed by atoms with E-state index < -0.39 is 21.8 Å². The molecule has 1 saturated heterocycles. The van der Waals surface area contributed by atoms with Gasteiger partial charge in [0.15, 0.2) is 0 Å². The normalized spacial score (nSPS) is 16.0. The Bertz CT molecular complexity index is 713. The SMILES string of the molecule is NCC#Cc1ccc(S(=O)(=O)N2CC(=O)NC(=O)C2)cc1. The molecule has 21 heavy (non-hydrogen) atoms. The molecule has 8 heteroatoms. The number of nitrogens with one attached hydrogen (secondary N) is 1. The molecular formula is C13H13N3O4S. The zero-order chi connectivity index (χ0) is 15.5. The number of benzene rings is 1. The summed E-state index contributed by atoms with van der Waals surface area (Å²) < 4.78 is 25.5. The van der Waals surface area contributed by atoms with E-state index >= 15 is 0 Å². The summed E-state index contributed by atoms with van der Waals surface area (Å²) in [6, 6.07) is 5.85. The summed E-state index contributed by atoms with van der Waals surface area (Å²) in [6.07, 6.45) is 0. The number of sulfonamides is 1. The maximum atomic E-state index is 12.3. The molecule has 0 radical (unpaired) electrons. The Morgan fingerprint density at radius 2 is 1.71 bits per heavy atom. The highest BCUT2D eigenvalue weighted by Gasteiger charge is 2.32. The van der Waals surface area contributed by atoms with E-state index in [1.54, 1.807) is 12.1 Å². The highest BCUT2D eigenvalue weighted by molar-refractivity contribution is 7.89. The van der Waals surface area contributed by atoms with Gasteiger partial charge in [0.05, 0.1) is 24.5 Å². The number of imide groups is 1. The standard InChI is InChI=1S/C13H13N3O4S/c14-7-1-2-10-3-5-11(6-4-10)21(19,20)16-8-12(17)15-13(18)9-16/h3-6H,7-9,14H2,(H,15,17,18). The van der Waals surface area contributed by atoms with Gasteiger partial charge in [-0.3, -0.25) is 14.9 Å². The molecule has 2 rings (SSSR count). The molecule has 0 unspecified atom stereocenters. The molecule has 110 valence electrons. The molecule has 1 aliphatic rings. The Labute approximate surface area is 122 Å². The Morgan fingerprint density at radius 1 is 1.14 bits per heavy atom. The lowest BCUT2D eigenvalue weighted by Crippen LogP contribution is -2.53. The van der Waals surface area contributed by atoms with Gasteiger partial charge in [-0.25, -0.2) is 8.42 Å². The number of hydrogen-bond acceptors (Lipinski definition) is 5. The molecule has 1 aliphatic heterocycles. The molecule has 1 fully saturated rings. The molecule has 0 saturated carbocycles. The topological polar surface area (TPSA) is 110 Å². The van der Waals surface area contributed by atoms with Crippen LogP contribution in [-0.4, -0.2) is 44.2 Å². The summed E-state index contributed by atoms with van der Waals surface area (Å²) in [5, 5.41) is 2.05. The van der Waals surface area contributed by atoms with Gasteiger partial charge in [0.1, 0.15) is 0 Å². The summed E-state index contributed by atoms with van der Waals surface area (Å²) >= 11 is 0. The van der Waals surface area contributed by atoms with Crippen molar-refractivity contribution in [1.82, 2.24) is 9.62 Å². The molecular weight excluding hydrogens is 294 g/mol. The summed E-state index contributed by atoms with van der Waals surface area (Å²) in [5.41, 5.74) is 5.88. The van der Waals surface area contributed by atoms with Gasteiger partial charge in [0.25, 0.3) is 0 Å². The van der Waals surface area contributed by atoms with E-state index in [-0.39, 0.29) is 24.5 Å². The number of amides is 2. The molecule has 2 amide bonds. The molecule has 0 atom stereocenters. The van der Waals surface area contributed by atoms with Crippen molar-refractivity contribution in [2.75, 3.05) is 19.6 Å². The van der Waals surface area contributed by atoms with Crippen LogP contribution in [0.5, 0.6) is 0 Å². The second kappa shape index (κ2) is 6.05. The average Bonchev–Trinajstić information content (AvgIpc) is 2.44. The average molecular weight is 307 g/mol. The maximum Gasteiger partial charge on any atom is 0.244 e. The molecule has 0 aromatic heterocycles. The number of carbonyl (C=O) groups excluding carboxylic acids is 2. The minimum atomic E-state index is -3.89. The van der Waals surface area contributed by atoms with Gasteiger partial charge in [-0.05, 0) is 24.3 Å². The fraction of sp³-hybridized carbons (Fsp3) is 0.231. The Hall–Kier alpha value is -2.21. The number of hydrogen-bond donors (Lipinski definition) is 2. The number of piperazine rings is 1. The fourth-order valence-corrected chi connectivity index (χ4v) is 3.15. The summed E-state index contributed by atoms with van der Waals surface area (Å²) in [4.78, 5) is 22.5. The third kappa shape index (κ3) is 3.46. The second-order valence-corrected chi connectivity index (χ2v) is 6.21. The summed E-state index contributed by atoms with van der Waals surface area (Å²) in [7, 11) is -3.89. The lowest BCUT2D eigenvalue weighted by atomic mass is 10.2. The molecule has 0 aliphatic carbocycles. The molecule has 0 bridgehead atoms. The Morgan fingerprint density at radius 3 is 2.24 bits per heavy atom. The van der Waals surface area contributed by atoms with Crippen molar-refractivity contribution in [2.45, 2.75) is 4.90 Å². The van der Waals surface area contributed by atoms with Gasteiger partial charge in [0, 0.05) is 5.56 Å². The Kier molecular flexibility index (Phi) is 4.37. The highest BCUT2D eigenvalue weighted by atomic mass is 32.2. The van der Waals surface area contributed by atoms with E-state index in [0.29, 0.717) is 5.56 Å². The third-order valence-electron chi connectivity index (χ3n) is 2.75. The van der Waals surface area contributed by atoms with Crippen molar-refractivity contribution >= 4 is 21.8 Å². The van der Waals surface area contributed by atoms with Gasteiger partial charge in [-0.1, -0.05) is 11.8 Å². The van der Waals surface area contributed by atoms with Crippen LogP contribution in [0.4, 0.5) is 0 Å². The van der Waals surface area contributed by atoms with Crippen molar-refractivity contribution in [3.63, 3.8) is 0 Å². The van der Waals surface area contributed by atoms with Crippen LogP contribution in [0.1, 0.15) is 5.56 Å². The van der Waals surface area contributed by atoms with Crippen LogP contribution in [0.2, 0.25) is 0 Å². The molecule has 1 aromatic carbocycles. The van der Waals surface area contributed by atoms with Crippen LogP contribution in [0.25, 0.3) is 0 Å². The first kappa shape index (κ1) is 15.2. The molecule has 3 N–H and O–H groups in total. The van der Waals surface area contributed by atoms with Gasteiger partial charge >= 0.3 is 0 Å². The van der Waals surface area contributed by atoms with E-state index in [1.807, 2.05) is 0 Å². The van der Waals surface area contributed by atoms with Crippen molar-refractivity contribution in [2.24, 2.45) is 5.73 Å². The number of nitrogens with two attached hydrogens (primary N) is 1. The minimum absolute atomic E-state index is 0.00305. The fourth-order valence-electron chi connectivity index (χ4n) is 1.79. The van der Waals surface area contributed by atoms with Crippen molar-refractivity contribution in [3.8, 4) is 11.8 Å². The first-order chi connectivity index (χ1) is 9.93. The van der Waals surface area contributed by atoms with Crippen LogP contribution in [0.15, 0.2) is 29.2 Å². The smallest absolute Gasteiger partial charge is 0.244 e. The van der Waals surface area contributed by atoms with Crippen LogP contribution in [0, 0.1) is 11.8 Å². The van der Waals surface area contributed by atoms with Crippen molar-refractivity contribution < 1.29 is 18.0 Å². The number of rotatable bonds is 2. The third-order valence-corrected chi connectivity index (χ3v) is 4.55. The van der Waals surface area contributed by atoms with E-state index in [0.717, 1.165) is 4.31 Å². The predicted octanol–water partition coefficient (Wildman–Crippen LogP) is -1.36. The van der Waals surface area contributed by atoms with Crippen LogP contribution >= 0.6 is 0 Å². The molecule has 1 aromatic rings. The molecule has 7 nitrogen and oxygen atoms in total. The molecule has 0 spiro atoms. The number of carbonyl (C=O) groups is 2. The van der Waals surface area contributed by atoms with E-state index in [2.05, 4.69) is 17.2 Å². The van der Waals surface area contributed by atoms with Gasteiger partial charge in [-0.2, -0.15) is 4.31 Å². The summed E-state index contributed by atoms with van der Waals surface area (Å²) in [5.74, 6) is 4.16. The lowest BCUT2D eigenvalue weighted by molar-refractivity contribution is -0.134. The van der Waals surface area contributed by atoms with Crippen molar-refractivity contribution in [1.29, 1.82) is 0 Å². The minimum Gasteiger partial charge on any atom is -0.320 e. The van der Waals surface area contributed by atoms with Crippen LogP contribution in [-0.2, 0) is 19.6 Å². The van der Waals surface area contributed by atoms with E-state index in [4.69, 9.17) is 5.73 Å². The van der Waals surface area contributed by atoms with E-state index in [9.17, 15) is 18.0 Å². The quantitative estimate of drug-likeness (QED) is 0.518. The van der Waals surface area contributed by atoms with E-state index in [1.165, 1.54) is 12.1 Å². The summed E-state index contributed by atoms with van der Waals surface area (Å²) in [6.45, 7) is -0.531. The van der Waals surface area contributed by atoms with Gasteiger partial charge in [0.2, 0.25) is 21.8 Å². The Balaban J connectivity index is 2.27. The highest BCUT2D eigenvalue weighted by Crippen LogP contribution is 2.17. The molecule has 1 heterocycles. The predicted molar refractivity (Wildman–Crippen MR) is 74.3 cm³/mol. The first-order valence-corrected chi connectivity index (χ1v) is 7.49. The monoisotopic (exact) mass is 307 g/mol. The maximum absolute atomic E-state index is 12.3. The van der Waals surface area contributed by atoms with Crippen LogP contribution < -0.4 is 11.1 Å². The second-order valence-electron chi connectivity index (χ2n) is 4.27. The lowest BCUT2D eigenvalue weighted by Gasteiger charge is -2.24. The zero-order valence-electron chi connectivity index (χ0n) is 11.0. The largest absolute Gasteiger partial charge is 0.320 e. The van der Waals surface area contributed by atoms with Gasteiger partial charge < -0.3 is 5.73 Å². The zero-order valence-corrected chi connectivity index (χ0v) is 11.8.